The summed E-state index contributed by atoms with van der Waals surface area (Å²) in [7, 11) is 3.77. The number of hydrogen-bond donors (Lipinski definition) is 1. The Hall–Kier alpha value is -6.23. The molecule has 2 aromatic heterocycles. The molecule has 0 radical (unpaired) electrons. The van der Waals surface area contributed by atoms with Crippen LogP contribution in [-0.4, -0.2) is 128 Å². The van der Waals surface area contributed by atoms with E-state index in [1.165, 1.54) is 28.1 Å². The summed E-state index contributed by atoms with van der Waals surface area (Å²) in [5, 5.41) is 9.13. The Morgan fingerprint density at radius 2 is 1.49 bits per heavy atom. The zero-order valence-corrected chi connectivity index (χ0v) is 36.1. The van der Waals surface area contributed by atoms with Crippen molar-refractivity contribution >= 4 is 36.2 Å². The fourth-order valence-electron chi connectivity index (χ4n) is 8.40. The van der Waals surface area contributed by atoms with Crippen molar-refractivity contribution in [3.05, 3.63) is 142 Å². The summed E-state index contributed by atoms with van der Waals surface area (Å²) in [5.74, 6) is 0. The van der Waals surface area contributed by atoms with E-state index in [9.17, 15) is 22.8 Å². The molecular formula is C47H56F3N11O2. The summed E-state index contributed by atoms with van der Waals surface area (Å²) in [4.78, 5) is 36.6. The molecule has 2 aliphatic rings. The number of pyridine rings is 1. The number of aldehydes is 1. The van der Waals surface area contributed by atoms with Gasteiger partial charge >= 0.3 is 11.9 Å². The van der Waals surface area contributed by atoms with Gasteiger partial charge in [0.15, 0.2) is 0 Å². The van der Waals surface area contributed by atoms with Gasteiger partial charge in [-0.15, -0.1) is 5.10 Å². The zero-order chi connectivity index (χ0) is 44.5. The second-order valence-electron chi connectivity index (χ2n) is 16.3. The Bertz CT molecular complexity index is 2450. The standard InChI is InChI=1S/C47H56F3N11O2/c1-5-53-55(4)32-40-29-42(14-11-39(40)34-62)59-25-23-58(24-26-59)41-12-9-36(10-13-41)16-18-56-19-21-57(22-20-56)30-38-28-44(47(48,49)50)45-33-60(46(63)61(45)31-38)43-8-6-7-37(27-43)15-17-54(3)35-52-51-2/h5-14,27-29,31,33-35,53H,1-2,15-26,30,32H2,3-4H3/b52-35-. The second kappa shape index (κ2) is 20.3. The van der Waals surface area contributed by atoms with E-state index in [0.29, 0.717) is 56.0 Å². The van der Waals surface area contributed by atoms with Crippen LogP contribution >= 0.6 is 0 Å². The maximum Gasteiger partial charge on any atom is 0.418 e. The number of anilines is 2. The lowest BCUT2D eigenvalue weighted by Crippen LogP contribution is -2.46. The summed E-state index contributed by atoms with van der Waals surface area (Å²) >= 11 is 0. The van der Waals surface area contributed by atoms with Crippen molar-refractivity contribution in [3.63, 3.8) is 0 Å². The highest BCUT2D eigenvalue weighted by molar-refractivity contribution is 5.78. The van der Waals surface area contributed by atoms with E-state index in [1.807, 2.05) is 48.3 Å². The van der Waals surface area contributed by atoms with E-state index < -0.39 is 17.4 Å². The third-order valence-corrected chi connectivity index (χ3v) is 11.9. The van der Waals surface area contributed by atoms with Crippen molar-refractivity contribution in [2.75, 3.05) is 89.3 Å². The van der Waals surface area contributed by atoms with Gasteiger partial charge in [-0.3, -0.25) is 18.7 Å². The molecule has 0 unspecified atom stereocenters. The average molecular weight is 864 g/mol. The predicted molar refractivity (Wildman–Crippen MR) is 245 cm³/mol. The van der Waals surface area contributed by atoms with Crippen LogP contribution in [0.1, 0.15) is 38.2 Å². The molecule has 2 fully saturated rings. The monoisotopic (exact) mass is 863 g/mol. The maximum absolute atomic E-state index is 14.5. The number of carbonyl (C=O) groups excluding carboxylic acids is 1. The molecule has 0 amide bonds. The van der Waals surface area contributed by atoms with E-state index in [2.05, 4.69) is 78.9 Å². The molecule has 4 heterocycles. The maximum atomic E-state index is 14.5. The number of benzene rings is 3. The van der Waals surface area contributed by atoms with Crippen LogP contribution in [0, 0.1) is 0 Å². The van der Waals surface area contributed by atoms with Crippen LogP contribution in [0.15, 0.2) is 113 Å². The molecule has 5 aromatic rings. The number of nitrogens with zero attached hydrogens (tertiary/aromatic N) is 10. The molecule has 0 aliphatic carbocycles. The first-order valence-electron chi connectivity index (χ1n) is 21.2. The van der Waals surface area contributed by atoms with Gasteiger partial charge in [-0.25, -0.2) is 9.80 Å². The van der Waals surface area contributed by atoms with Gasteiger partial charge in [0.05, 0.1) is 16.8 Å². The minimum atomic E-state index is -4.64. The SMILES string of the molecule is C=CNN(C)Cc1cc(N2CCN(c3ccc(CCN4CCN(Cc5cc(C(F)(F)F)c6cn(-c7cccc(CCN(C)/C=N\N=C)c7)c(=O)n6c5)CC4)cc3)CC2)ccc1C=O. The number of imidazole rings is 1. The van der Waals surface area contributed by atoms with E-state index in [1.54, 1.807) is 30.9 Å². The highest BCUT2D eigenvalue weighted by Crippen LogP contribution is 2.34. The fraction of sp³-hybridized carbons (Fsp3) is 0.362. The highest BCUT2D eigenvalue weighted by atomic mass is 19.4. The van der Waals surface area contributed by atoms with E-state index in [0.717, 1.165) is 79.7 Å². The van der Waals surface area contributed by atoms with Gasteiger partial charge in [0.25, 0.3) is 0 Å². The molecule has 63 heavy (non-hydrogen) atoms. The molecule has 2 saturated heterocycles. The van der Waals surface area contributed by atoms with E-state index in [4.69, 9.17) is 0 Å². The molecule has 0 atom stereocenters. The van der Waals surface area contributed by atoms with Crippen molar-refractivity contribution in [3.8, 4) is 5.69 Å². The highest BCUT2D eigenvalue weighted by Gasteiger charge is 2.35. The lowest BCUT2D eigenvalue weighted by molar-refractivity contribution is -0.136. The van der Waals surface area contributed by atoms with Crippen LogP contribution in [0.2, 0.25) is 0 Å². The molecule has 332 valence electrons. The Morgan fingerprint density at radius 1 is 0.794 bits per heavy atom. The fourth-order valence-corrected chi connectivity index (χ4v) is 8.40. The van der Waals surface area contributed by atoms with E-state index in [-0.39, 0.29) is 5.52 Å². The molecule has 7 rings (SSSR count). The van der Waals surface area contributed by atoms with Crippen LogP contribution in [-0.2, 0) is 32.1 Å². The van der Waals surface area contributed by atoms with Gasteiger partial charge in [0.2, 0.25) is 0 Å². The Kier molecular flexibility index (Phi) is 14.4. The molecule has 16 heteroatoms. The number of piperazine rings is 2. The smallest absolute Gasteiger partial charge is 0.368 e. The number of aromatic nitrogens is 2. The molecule has 1 N–H and O–H groups in total. The Morgan fingerprint density at radius 3 is 2.17 bits per heavy atom. The first-order valence-corrected chi connectivity index (χ1v) is 21.2. The van der Waals surface area contributed by atoms with Crippen molar-refractivity contribution in [1.29, 1.82) is 0 Å². The van der Waals surface area contributed by atoms with E-state index >= 15 is 0 Å². The minimum absolute atomic E-state index is 0.176. The Balaban J connectivity index is 0.909. The minimum Gasteiger partial charge on any atom is -0.368 e. The molecule has 0 bridgehead atoms. The predicted octanol–water partition coefficient (Wildman–Crippen LogP) is 5.81. The molecule has 3 aromatic carbocycles. The van der Waals surface area contributed by atoms with Crippen LogP contribution in [0.4, 0.5) is 24.5 Å². The molecule has 0 spiro atoms. The second-order valence-corrected chi connectivity index (χ2v) is 16.3. The molecule has 0 saturated carbocycles. The first kappa shape index (κ1) is 44.8. The quantitative estimate of drug-likeness (QED) is 0.0507. The van der Waals surface area contributed by atoms with Crippen molar-refractivity contribution < 1.29 is 18.0 Å². The van der Waals surface area contributed by atoms with Crippen molar-refractivity contribution in [2.24, 2.45) is 10.2 Å². The van der Waals surface area contributed by atoms with Crippen LogP contribution < -0.4 is 20.9 Å². The third kappa shape index (κ3) is 11.2. The number of carbonyl (C=O) groups is 1. The van der Waals surface area contributed by atoms with Crippen LogP contribution in [0.5, 0.6) is 0 Å². The number of rotatable bonds is 18. The van der Waals surface area contributed by atoms with Gasteiger partial charge in [0.1, 0.15) is 12.6 Å². The van der Waals surface area contributed by atoms with Crippen LogP contribution in [0.25, 0.3) is 11.2 Å². The average Bonchev–Trinajstić information content (AvgIpc) is 3.62. The summed E-state index contributed by atoms with van der Waals surface area (Å²) in [6.07, 6.45) is 3.81. The van der Waals surface area contributed by atoms with Gasteiger partial charge in [-0.2, -0.15) is 18.3 Å². The van der Waals surface area contributed by atoms with Crippen molar-refractivity contribution in [2.45, 2.75) is 32.1 Å². The normalized spacial score (nSPS) is 15.4. The number of hydrazine groups is 1. The number of hydrogen-bond acceptors (Lipinski definition) is 10. The molecule has 13 nitrogen and oxygen atoms in total. The number of fused-ring (bicyclic) bond motifs is 1. The summed E-state index contributed by atoms with van der Waals surface area (Å²) in [5.41, 5.74) is 8.58. The number of alkyl halides is 3. The van der Waals surface area contributed by atoms with Gasteiger partial charge < -0.3 is 25.0 Å². The zero-order valence-electron chi connectivity index (χ0n) is 36.1. The van der Waals surface area contributed by atoms with Gasteiger partial charge in [0, 0.05) is 135 Å². The lowest BCUT2D eigenvalue weighted by Gasteiger charge is -2.37. The largest absolute Gasteiger partial charge is 0.418 e. The summed E-state index contributed by atoms with van der Waals surface area (Å²) in [6.45, 7) is 16.0. The Labute approximate surface area is 366 Å². The third-order valence-electron chi connectivity index (χ3n) is 11.9. The van der Waals surface area contributed by atoms with Gasteiger partial charge in [-0.05, 0) is 83.6 Å². The number of likely N-dealkylation sites (N-methyl/N-ethyl adjacent to an activating group) is 1. The molecular weight excluding hydrogens is 808 g/mol. The summed E-state index contributed by atoms with van der Waals surface area (Å²) in [6, 6.07) is 23.3. The number of nitrogens with one attached hydrogen (secondary N) is 1. The number of halogens is 3. The van der Waals surface area contributed by atoms with Gasteiger partial charge in [-0.1, -0.05) is 30.8 Å². The summed E-state index contributed by atoms with van der Waals surface area (Å²) < 4.78 is 45.9. The van der Waals surface area contributed by atoms with Crippen molar-refractivity contribution in [1.82, 2.24) is 34.1 Å². The molecule has 2 aliphatic heterocycles. The first-order chi connectivity index (χ1) is 30.4. The topological polar surface area (TPSA) is 99.7 Å². The van der Waals surface area contributed by atoms with Crippen LogP contribution in [0.3, 0.4) is 0 Å². The lowest BCUT2D eigenvalue weighted by atomic mass is 10.1.